The van der Waals surface area contributed by atoms with Gasteiger partial charge in [-0.3, -0.25) is 4.79 Å². The van der Waals surface area contributed by atoms with E-state index in [-0.39, 0.29) is 5.91 Å². The van der Waals surface area contributed by atoms with Crippen molar-refractivity contribution < 1.29 is 14.7 Å². The second kappa shape index (κ2) is 4.44. The third kappa shape index (κ3) is 1.82. The molecular weight excluding hydrogens is 240 g/mol. The first-order valence-corrected chi connectivity index (χ1v) is 6.49. The highest BCUT2D eigenvalue weighted by molar-refractivity contribution is 7.07. The van der Waals surface area contributed by atoms with Crippen molar-refractivity contribution in [3.05, 3.63) is 16.6 Å². The molecule has 2 rings (SSSR count). The molecule has 5 nitrogen and oxygen atoms in total. The van der Waals surface area contributed by atoms with Gasteiger partial charge >= 0.3 is 5.97 Å². The minimum atomic E-state index is -1.04. The summed E-state index contributed by atoms with van der Waals surface area (Å²) in [5, 5.41) is 11.0. The molecule has 6 heteroatoms. The summed E-state index contributed by atoms with van der Waals surface area (Å²) in [7, 11) is 0. The smallest absolute Gasteiger partial charge is 0.329 e. The van der Waals surface area contributed by atoms with Crippen LogP contribution in [0.2, 0.25) is 0 Å². The predicted octanol–water partition coefficient (Wildman–Crippen LogP) is 1.61. The molecule has 0 bridgehead atoms. The molecule has 17 heavy (non-hydrogen) atoms. The first kappa shape index (κ1) is 12.0. The van der Waals surface area contributed by atoms with Gasteiger partial charge < -0.3 is 10.0 Å². The van der Waals surface area contributed by atoms with Crippen LogP contribution >= 0.6 is 11.3 Å². The van der Waals surface area contributed by atoms with Crippen molar-refractivity contribution in [2.24, 2.45) is 0 Å². The molecule has 1 aliphatic rings. The number of nitrogens with zero attached hydrogens (tertiary/aromatic N) is 2. The Kier molecular flexibility index (Phi) is 3.15. The molecule has 1 fully saturated rings. The van der Waals surface area contributed by atoms with E-state index in [1.54, 1.807) is 17.8 Å². The lowest BCUT2D eigenvalue weighted by Crippen LogP contribution is -2.52. The number of carboxylic acids is 1. The molecule has 1 N–H and O–H groups in total. The molecule has 0 aliphatic carbocycles. The Labute approximate surface area is 103 Å². The van der Waals surface area contributed by atoms with Crippen molar-refractivity contribution in [2.75, 3.05) is 6.54 Å². The monoisotopic (exact) mass is 254 g/mol. The van der Waals surface area contributed by atoms with Crippen LogP contribution in [0.15, 0.2) is 10.9 Å². The standard InChI is InChI=1S/C11H14N2O3S/c1-2-11(10(15)16)4-3-5-13(11)9(14)8-6-17-7-12-8/h6-7H,2-5H2,1H3,(H,15,16). The zero-order valence-electron chi connectivity index (χ0n) is 9.55. The van der Waals surface area contributed by atoms with Crippen LogP contribution in [-0.2, 0) is 4.79 Å². The lowest BCUT2D eigenvalue weighted by atomic mass is 9.93. The van der Waals surface area contributed by atoms with Crippen LogP contribution in [0.4, 0.5) is 0 Å². The minimum Gasteiger partial charge on any atom is -0.479 e. The molecule has 1 aromatic rings. The van der Waals surface area contributed by atoms with Crippen molar-refractivity contribution in [3.63, 3.8) is 0 Å². The maximum atomic E-state index is 12.2. The number of thiazole rings is 1. The number of hydrogen-bond donors (Lipinski definition) is 1. The van der Waals surface area contributed by atoms with Crippen molar-refractivity contribution in [3.8, 4) is 0 Å². The van der Waals surface area contributed by atoms with Gasteiger partial charge in [0.15, 0.2) is 0 Å². The zero-order valence-corrected chi connectivity index (χ0v) is 10.4. The highest BCUT2D eigenvalue weighted by atomic mass is 32.1. The fourth-order valence-corrected chi connectivity index (χ4v) is 2.90. The quantitative estimate of drug-likeness (QED) is 0.889. The summed E-state index contributed by atoms with van der Waals surface area (Å²) in [6.45, 7) is 2.30. The number of amides is 1. The highest BCUT2D eigenvalue weighted by Gasteiger charge is 2.48. The van der Waals surface area contributed by atoms with E-state index in [1.165, 1.54) is 16.2 Å². The summed E-state index contributed by atoms with van der Waals surface area (Å²) >= 11 is 1.34. The van der Waals surface area contributed by atoms with E-state index < -0.39 is 11.5 Å². The third-order valence-electron chi connectivity index (χ3n) is 3.37. The Morgan fingerprint density at radius 1 is 1.65 bits per heavy atom. The van der Waals surface area contributed by atoms with Crippen LogP contribution in [0.1, 0.15) is 36.7 Å². The van der Waals surface area contributed by atoms with E-state index in [4.69, 9.17) is 0 Å². The van der Waals surface area contributed by atoms with E-state index in [2.05, 4.69) is 4.98 Å². The number of aromatic nitrogens is 1. The highest BCUT2D eigenvalue weighted by Crippen LogP contribution is 2.33. The molecule has 1 aromatic heterocycles. The summed E-state index contributed by atoms with van der Waals surface area (Å²) in [4.78, 5) is 29.0. The van der Waals surface area contributed by atoms with E-state index in [1.807, 2.05) is 0 Å². The van der Waals surface area contributed by atoms with Crippen molar-refractivity contribution >= 4 is 23.2 Å². The number of rotatable bonds is 3. The van der Waals surface area contributed by atoms with Crippen molar-refractivity contribution in [2.45, 2.75) is 31.7 Å². The number of carbonyl (C=O) groups excluding carboxylic acids is 1. The Hall–Kier alpha value is -1.43. The molecule has 1 unspecified atom stereocenters. The first-order chi connectivity index (χ1) is 8.12. The van der Waals surface area contributed by atoms with Crippen LogP contribution < -0.4 is 0 Å². The SMILES string of the molecule is CCC1(C(=O)O)CCCN1C(=O)c1cscn1. The summed E-state index contributed by atoms with van der Waals surface area (Å²) in [5.74, 6) is -1.19. The van der Waals surface area contributed by atoms with Gasteiger partial charge in [0.25, 0.3) is 5.91 Å². The van der Waals surface area contributed by atoms with E-state index in [0.29, 0.717) is 25.1 Å². The lowest BCUT2D eigenvalue weighted by Gasteiger charge is -2.33. The molecule has 1 amide bonds. The van der Waals surface area contributed by atoms with Gasteiger partial charge in [-0.05, 0) is 19.3 Å². The molecule has 92 valence electrons. The first-order valence-electron chi connectivity index (χ1n) is 5.55. The molecule has 1 saturated heterocycles. The second-order valence-electron chi connectivity index (χ2n) is 4.12. The maximum Gasteiger partial charge on any atom is 0.329 e. The minimum absolute atomic E-state index is 0.270. The van der Waals surface area contributed by atoms with Crippen molar-refractivity contribution in [1.29, 1.82) is 0 Å². The van der Waals surface area contributed by atoms with Gasteiger partial charge in [0, 0.05) is 11.9 Å². The normalized spacial score (nSPS) is 23.9. The Balaban J connectivity index is 2.31. The molecule has 1 atom stereocenters. The number of aliphatic carboxylic acids is 1. The van der Waals surface area contributed by atoms with Gasteiger partial charge in [-0.2, -0.15) is 0 Å². The average Bonchev–Trinajstić information content (AvgIpc) is 2.97. The van der Waals surface area contributed by atoms with Gasteiger partial charge in [0.1, 0.15) is 11.2 Å². The van der Waals surface area contributed by atoms with Gasteiger partial charge in [-0.1, -0.05) is 6.92 Å². The largest absolute Gasteiger partial charge is 0.479 e. The number of hydrogen-bond acceptors (Lipinski definition) is 4. The molecule has 0 saturated carbocycles. The summed E-state index contributed by atoms with van der Waals surface area (Å²) in [6, 6.07) is 0. The maximum absolute atomic E-state index is 12.2. The average molecular weight is 254 g/mol. The van der Waals surface area contributed by atoms with Crippen molar-refractivity contribution in [1.82, 2.24) is 9.88 Å². The Bertz CT molecular complexity index is 432. The fourth-order valence-electron chi connectivity index (χ4n) is 2.37. The van der Waals surface area contributed by atoms with Gasteiger partial charge in [0.2, 0.25) is 0 Å². The molecule has 0 radical (unpaired) electrons. The molecule has 1 aliphatic heterocycles. The summed E-state index contributed by atoms with van der Waals surface area (Å²) in [5.41, 5.74) is 0.884. The predicted molar refractivity (Wildman–Crippen MR) is 63.0 cm³/mol. The van der Waals surface area contributed by atoms with Crippen LogP contribution in [-0.4, -0.2) is 39.0 Å². The number of carboxylic acid groups (broad SMARTS) is 1. The second-order valence-corrected chi connectivity index (χ2v) is 4.84. The van der Waals surface area contributed by atoms with Crippen LogP contribution in [0.5, 0.6) is 0 Å². The molecule has 2 heterocycles. The van der Waals surface area contributed by atoms with E-state index >= 15 is 0 Å². The number of likely N-dealkylation sites (tertiary alicyclic amines) is 1. The summed E-state index contributed by atoms with van der Waals surface area (Å²) in [6.07, 6.45) is 1.68. The van der Waals surface area contributed by atoms with Crippen LogP contribution in [0.3, 0.4) is 0 Å². The topological polar surface area (TPSA) is 70.5 Å². The van der Waals surface area contributed by atoms with Gasteiger partial charge in [-0.15, -0.1) is 11.3 Å². The third-order valence-corrected chi connectivity index (χ3v) is 3.95. The molecule has 0 spiro atoms. The van der Waals surface area contributed by atoms with Crippen LogP contribution in [0, 0.1) is 0 Å². The molecular formula is C11H14N2O3S. The Morgan fingerprint density at radius 3 is 2.94 bits per heavy atom. The van der Waals surface area contributed by atoms with Gasteiger partial charge in [-0.25, -0.2) is 9.78 Å². The number of carbonyl (C=O) groups is 2. The van der Waals surface area contributed by atoms with E-state index in [9.17, 15) is 14.7 Å². The fraction of sp³-hybridized carbons (Fsp3) is 0.545. The lowest BCUT2D eigenvalue weighted by molar-refractivity contribution is -0.148. The van der Waals surface area contributed by atoms with E-state index in [0.717, 1.165) is 6.42 Å². The molecule has 0 aromatic carbocycles. The Morgan fingerprint density at radius 2 is 2.41 bits per heavy atom. The summed E-state index contributed by atoms with van der Waals surface area (Å²) < 4.78 is 0. The van der Waals surface area contributed by atoms with Crippen LogP contribution in [0.25, 0.3) is 0 Å². The van der Waals surface area contributed by atoms with Gasteiger partial charge in [0.05, 0.1) is 5.51 Å². The zero-order chi connectivity index (χ0) is 12.5.